The van der Waals surface area contributed by atoms with Crippen molar-refractivity contribution in [3.63, 3.8) is 0 Å². The number of hydrogen-bond acceptors (Lipinski definition) is 1. The van der Waals surface area contributed by atoms with E-state index in [1.54, 1.807) is 6.07 Å². The SMILES string of the molecule is Clc1ccc(NC2=[NH+]CCC2)cc1Cl. The minimum Gasteiger partial charge on any atom is -0.278 e. The van der Waals surface area contributed by atoms with E-state index in [1.807, 2.05) is 12.1 Å². The molecule has 0 radical (unpaired) electrons. The fourth-order valence-electron chi connectivity index (χ4n) is 1.45. The molecule has 1 aliphatic heterocycles. The number of rotatable bonds is 1. The summed E-state index contributed by atoms with van der Waals surface area (Å²) in [5, 5.41) is 4.44. The summed E-state index contributed by atoms with van der Waals surface area (Å²) in [5.74, 6) is 1.16. The van der Waals surface area contributed by atoms with E-state index < -0.39 is 0 Å². The van der Waals surface area contributed by atoms with E-state index >= 15 is 0 Å². The number of nitrogens with one attached hydrogen (secondary N) is 2. The molecule has 1 aromatic carbocycles. The van der Waals surface area contributed by atoms with Crippen molar-refractivity contribution in [2.45, 2.75) is 12.8 Å². The maximum atomic E-state index is 5.90. The van der Waals surface area contributed by atoms with Gasteiger partial charge in [-0.1, -0.05) is 23.2 Å². The van der Waals surface area contributed by atoms with Gasteiger partial charge in [0.25, 0.3) is 0 Å². The first-order chi connectivity index (χ1) is 6.75. The fourth-order valence-corrected chi connectivity index (χ4v) is 1.75. The Morgan fingerprint density at radius 1 is 1.21 bits per heavy atom. The maximum absolute atomic E-state index is 5.90. The van der Waals surface area contributed by atoms with Crippen LogP contribution in [0.2, 0.25) is 10.0 Å². The third-order valence-electron chi connectivity index (χ3n) is 2.16. The van der Waals surface area contributed by atoms with E-state index in [-0.39, 0.29) is 0 Å². The first-order valence-corrected chi connectivity index (χ1v) is 5.33. The minimum absolute atomic E-state index is 0.579. The molecule has 2 N–H and O–H groups in total. The average Bonchev–Trinajstić information content (AvgIpc) is 2.64. The molecule has 0 amide bonds. The minimum atomic E-state index is 0.579. The van der Waals surface area contributed by atoms with Gasteiger partial charge in [-0.3, -0.25) is 4.99 Å². The lowest BCUT2D eigenvalue weighted by atomic mass is 10.3. The molecule has 0 bridgehead atoms. The van der Waals surface area contributed by atoms with Gasteiger partial charge in [0.1, 0.15) is 5.69 Å². The van der Waals surface area contributed by atoms with Crippen LogP contribution in [0.5, 0.6) is 0 Å². The van der Waals surface area contributed by atoms with E-state index in [4.69, 9.17) is 23.2 Å². The molecule has 4 heteroatoms. The lowest BCUT2D eigenvalue weighted by Crippen LogP contribution is -2.70. The maximum Gasteiger partial charge on any atom is 0.247 e. The summed E-state index contributed by atoms with van der Waals surface area (Å²) in [6.07, 6.45) is 2.25. The number of hydrogen-bond donors (Lipinski definition) is 2. The second kappa shape index (κ2) is 4.20. The Labute approximate surface area is 92.9 Å². The lowest BCUT2D eigenvalue weighted by Gasteiger charge is -2.00. The predicted octanol–water partition coefficient (Wildman–Crippen LogP) is 1.68. The van der Waals surface area contributed by atoms with Gasteiger partial charge >= 0.3 is 0 Å². The van der Waals surface area contributed by atoms with Crippen LogP contribution in [0.3, 0.4) is 0 Å². The van der Waals surface area contributed by atoms with Gasteiger partial charge in [0.15, 0.2) is 0 Å². The fraction of sp³-hybridized carbons (Fsp3) is 0.300. The zero-order valence-electron chi connectivity index (χ0n) is 7.61. The first-order valence-electron chi connectivity index (χ1n) is 4.57. The van der Waals surface area contributed by atoms with Gasteiger partial charge in [-0.2, -0.15) is 0 Å². The normalized spacial score (nSPS) is 15.4. The number of amidine groups is 1. The van der Waals surface area contributed by atoms with E-state index in [0.29, 0.717) is 10.0 Å². The predicted molar refractivity (Wildman–Crippen MR) is 60.2 cm³/mol. The van der Waals surface area contributed by atoms with Crippen LogP contribution in [0, 0.1) is 0 Å². The van der Waals surface area contributed by atoms with Crippen LogP contribution in [0.4, 0.5) is 5.69 Å². The number of anilines is 1. The summed E-state index contributed by atoms with van der Waals surface area (Å²) < 4.78 is 0. The van der Waals surface area contributed by atoms with Crippen molar-refractivity contribution in [1.29, 1.82) is 0 Å². The van der Waals surface area contributed by atoms with Crippen molar-refractivity contribution in [1.82, 2.24) is 0 Å². The molecule has 1 aromatic rings. The molecule has 1 heterocycles. The zero-order valence-corrected chi connectivity index (χ0v) is 9.12. The molecule has 0 fully saturated rings. The Bertz CT molecular complexity index is 374. The van der Waals surface area contributed by atoms with E-state index in [0.717, 1.165) is 24.5 Å². The number of benzene rings is 1. The molecule has 2 nitrogen and oxygen atoms in total. The second-order valence-corrected chi connectivity index (χ2v) is 4.08. The van der Waals surface area contributed by atoms with E-state index in [1.165, 1.54) is 6.42 Å². The van der Waals surface area contributed by atoms with Gasteiger partial charge in [0.05, 0.1) is 23.0 Å². The molecule has 0 unspecified atom stereocenters. The molecule has 0 spiro atoms. The van der Waals surface area contributed by atoms with Crippen LogP contribution < -0.4 is 10.3 Å². The molecule has 0 saturated heterocycles. The molecule has 0 saturated carbocycles. The summed E-state index contributed by atoms with van der Waals surface area (Å²) >= 11 is 11.7. The largest absolute Gasteiger partial charge is 0.278 e. The van der Waals surface area contributed by atoms with Crippen molar-refractivity contribution < 1.29 is 4.99 Å². The van der Waals surface area contributed by atoms with Crippen molar-refractivity contribution in [3.05, 3.63) is 28.2 Å². The van der Waals surface area contributed by atoms with Crippen molar-refractivity contribution in [3.8, 4) is 0 Å². The Morgan fingerprint density at radius 2 is 2.07 bits per heavy atom. The molecule has 0 aliphatic carbocycles. The Hall–Kier alpha value is -0.730. The summed E-state index contributed by atoms with van der Waals surface area (Å²) in [6, 6.07) is 5.54. The highest BCUT2D eigenvalue weighted by atomic mass is 35.5. The van der Waals surface area contributed by atoms with Gasteiger partial charge in [-0.25, -0.2) is 5.32 Å². The van der Waals surface area contributed by atoms with Gasteiger partial charge in [-0.05, 0) is 18.6 Å². The van der Waals surface area contributed by atoms with Crippen molar-refractivity contribution in [2.75, 3.05) is 11.9 Å². The summed E-state index contributed by atoms with van der Waals surface area (Å²) in [4.78, 5) is 3.27. The molecular weight excluding hydrogens is 219 g/mol. The molecule has 0 aromatic heterocycles. The first kappa shape index (κ1) is 9.81. The molecular formula is C10H11Cl2N2+. The zero-order chi connectivity index (χ0) is 9.97. The summed E-state index contributed by atoms with van der Waals surface area (Å²) in [6.45, 7) is 1.05. The van der Waals surface area contributed by atoms with Crippen molar-refractivity contribution >= 4 is 34.7 Å². The smallest absolute Gasteiger partial charge is 0.247 e. The average molecular weight is 230 g/mol. The molecule has 14 heavy (non-hydrogen) atoms. The van der Waals surface area contributed by atoms with Crippen molar-refractivity contribution in [2.24, 2.45) is 0 Å². The Balaban J connectivity index is 2.13. The molecule has 0 atom stereocenters. The standard InChI is InChI=1S/C10H10Cl2N2/c11-8-4-3-7(6-9(8)12)14-10-2-1-5-13-10/h3-4,6H,1-2,5H2,(H,13,14)/p+1. The summed E-state index contributed by atoms with van der Waals surface area (Å²) in [5.41, 5.74) is 0.976. The van der Waals surface area contributed by atoms with Crippen LogP contribution >= 0.6 is 23.2 Å². The van der Waals surface area contributed by atoms with E-state index in [2.05, 4.69) is 10.3 Å². The van der Waals surface area contributed by atoms with Gasteiger partial charge in [-0.15, -0.1) is 0 Å². The Kier molecular flexibility index (Phi) is 2.94. The highest BCUT2D eigenvalue weighted by Gasteiger charge is 2.13. The van der Waals surface area contributed by atoms with Crippen LogP contribution in [-0.4, -0.2) is 12.4 Å². The van der Waals surface area contributed by atoms with E-state index in [9.17, 15) is 0 Å². The van der Waals surface area contributed by atoms with Crippen LogP contribution in [-0.2, 0) is 0 Å². The highest BCUT2D eigenvalue weighted by Crippen LogP contribution is 2.24. The highest BCUT2D eigenvalue weighted by molar-refractivity contribution is 6.42. The monoisotopic (exact) mass is 229 g/mol. The third-order valence-corrected chi connectivity index (χ3v) is 2.90. The lowest BCUT2D eigenvalue weighted by molar-refractivity contribution is -0.447. The topological polar surface area (TPSA) is 26.0 Å². The third kappa shape index (κ3) is 2.20. The molecule has 1 aliphatic rings. The number of halogens is 2. The summed E-state index contributed by atoms with van der Waals surface area (Å²) in [7, 11) is 0. The molecule has 74 valence electrons. The van der Waals surface area contributed by atoms with Crippen LogP contribution in [0.15, 0.2) is 18.2 Å². The van der Waals surface area contributed by atoms with Gasteiger partial charge in [0.2, 0.25) is 5.84 Å². The van der Waals surface area contributed by atoms with Gasteiger partial charge < -0.3 is 0 Å². The van der Waals surface area contributed by atoms with Crippen LogP contribution in [0.1, 0.15) is 12.8 Å². The molecule has 2 rings (SSSR count). The van der Waals surface area contributed by atoms with Gasteiger partial charge in [0, 0.05) is 6.07 Å². The Morgan fingerprint density at radius 3 is 2.71 bits per heavy atom. The second-order valence-electron chi connectivity index (χ2n) is 3.26. The quantitative estimate of drug-likeness (QED) is 0.754. The van der Waals surface area contributed by atoms with Crippen LogP contribution in [0.25, 0.3) is 0 Å².